The van der Waals surface area contributed by atoms with Gasteiger partial charge < -0.3 is 9.52 Å². The zero-order chi connectivity index (χ0) is 15.5. The summed E-state index contributed by atoms with van der Waals surface area (Å²) in [6, 6.07) is 6.29. The minimum atomic E-state index is -0.289. The minimum Gasteiger partial charge on any atom is -0.439 e. The third-order valence-electron chi connectivity index (χ3n) is 4.23. The van der Waals surface area contributed by atoms with Gasteiger partial charge >= 0.3 is 0 Å². The van der Waals surface area contributed by atoms with Crippen LogP contribution in [0.5, 0.6) is 0 Å². The number of hydrogen-bond acceptors (Lipinski definition) is 4. The summed E-state index contributed by atoms with van der Waals surface area (Å²) >= 11 is 0. The summed E-state index contributed by atoms with van der Waals surface area (Å²) in [6.45, 7) is 1.41. The number of hydrogen-bond donors (Lipinski definition) is 1. The first-order valence-electron chi connectivity index (χ1n) is 7.69. The highest BCUT2D eigenvalue weighted by Gasteiger charge is 2.26. The molecule has 0 amide bonds. The molecule has 118 valence electrons. The number of halogens is 1. The summed E-state index contributed by atoms with van der Waals surface area (Å²) in [6.07, 6.45) is 4.52. The van der Waals surface area contributed by atoms with Crippen LogP contribution in [0.2, 0.25) is 0 Å². The van der Waals surface area contributed by atoms with Gasteiger partial charge in [-0.2, -0.15) is 0 Å². The van der Waals surface area contributed by atoms with Gasteiger partial charge in [0.05, 0.1) is 18.8 Å². The summed E-state index contributed by atoms with van der Waals surface area (Å²) in [5.41, 5.74) is 0.688. The molecule has 2 atom stereocenters. The van der Waals surface area contributed by atoms with Gasteiger partial charge in [0.25, 0.3) is 0 Å². The van der Waals surface area contributed by atoms with Gasteiger partial charge in [0.1, 0.15) is 5.82 Å². The Morgan fingerprint density at radius 2 is 2.27 bits per heavy atom. The molecule has 1 aromatic carbocycles. The van der Waals surface area contributed by atoms with Crippen LogP contribution in [0.25, 0.3) is 11.3 Å². The second kappa shape index (κ2) is 6.58. The van der Waals surface area contributed by atoms with Crippen LogP contribution in [0, 0.1) is 11.7 Å². The van der Waals surface area contributed by atoms with Crippen LogP contribution in [0.1, 0.15) is 25.2 Å². The van der Waals surface area contributed by atoms with Crippen molar-refractivity contribution in [1.29, 1.82) is 0 Å². The molecule has 0 bridgehead atoms. The van der Waals surface area contributed by atoms with Gasteiger partial charge in [-0.05, 0) is 37.9 Å². The summed E-state index contributed by atoms with van der Waals surface area (Å²) in [4.78, 5) is 6.37. The molecule has 2 unspecified atom stereocenters. The number of aromatic nitrogens is 1. The minimum absolute atomic E-state index is 0.185. The second-order valence-electron chi connectivity index (χ2n) is 6.08. The van der Waals surface area contributed by atoms with E-state index in [-0.39, 0.29) is 11.9 Å². The van der Waals surface area contributed by atoms with Crippen LogP contribution in [-0.2, 0) is 6.54 Å². The van der Waals surface area contributed by atoms with Crippen molar-refractivity contribution in [3.63, 3.8) is 0 Å². The molecule has 22 heavy (non-hydrogen) atoms. The maximum atomic E-state index is 13.2. The van der Waals surface area contributed by atoms with Crippen LogP contribution in [0.3, 0.4) is 0 Å². The topological polar surface area (TPSA) is 49.5 Å². The number of nitrogens with zero attached hydrogens (tertiary/aromatic N) is 2. The highest BCUT2D eigenvalue weighted by molar-refractivity contribution is 5.56. The molecule has 0 aliphatic heterocycles. The average Bonchev–Trinajstić information content (AvgIpc) is 3.09. The van der Waals surface area contributed by atoms with Crippen molar-refractivity contribution in [3.8, 4) is 11.3 Å². The molecule has 0 spiro atoms. The highest BCUT2D eigenvalue weighted by atomic mass is 19.1. The lowest BCUT2D eigenvalue weighted by Crippen LogP contribution is -2.29. The fourth-order valence-electron chi connectivity index (χ4n) is 3.08. The van der Waals surface area contributed by atoms with Gasteiger partial charge in [-0.15, -0.1) is 0 Å². The van der Waals surface area contributed by atoms with E-state index in [1.165, 1.54) is 12.1 Å². The van der Waals surface area contributed by atoms with Crippen LogP contribution < -0.4 is 0 Å². The summed E-state index contributed by atoms with van der Waals surface area (Å²) in [5.74, 6) is 1.23. The van der Waals surface area contributed by atoms with Gasteiger partial charge in [0.2, 0.25) is 5.89 Å². The summed E-state index contributed by atoms with van der Waals surface area (Å²) < 4.78 is 18.9. The summed E-state index contributed by atoms with van der Waals surface area (Å²) in [5, 5.41) is 9.88. The molecule has 1 aliphatic rings. The Labute approximate surface area is 129 Å². The Kier molecular flexibility index (Phi) is 4.55. The molecule has 1 heterocycles. The standard InChI is InChI=1S/C17H21FN2O2/c1-20(10-13-5-3-7-15(13)21)11-17-19-9-16(22-17)12-4-2-6-14(18)8-12/h2,4,6,8-9,13,15,21H,3,5,7,10-11H2,1H3. The van der Waals surface area contributed by atoms with Gasteiger partial charge in [-0.25, -0.2) is 9.37 Å². The SMILES string of the molecule is CN(Cc1ncc(-c2cccc(F)c2)o1)CC1CCCC1O. The van der Waals surface area contributed by atoms with E-state index in [2.05, 4.69) is 9.88 Å². The second-order valence-corrected chi connectivity index (χ2v) is 6.08. The first-order valence-corrected chi connectivity index (χ1v) is 7.69. The Bertz CT molecular complexity index is 629. The van der Waals surface area contributed by atoms with Gasteiger partial charge in [-0.1, -0.05) is 18.6 Å². The van der Waals surface area contributed by atoms with Crippen LogP contribution in [0.4, 0.5) is 4.39 Å². The smallest absolute Gasteiger partial charge is 0.209 e. The Balaban J connectivity index is 1.61. The third-order valence-corrected chi connectivity index (χ3v) is 4.23. The molecule has 1 N–H and O–H groups in total. The monoisotopic (exact) mass is 304 g/mol. The van der Waals surface area contributed by atoms with E-state index in [9.17, 15) is 9.50 Å². The van der Waals surface area contributed by atoms with E-state index in [4.69, 9.17) is 4.42 Å². The zero-order valence-corrected chi connectivity index (χ0v) is 12.7. The molecule has 0 saturated heterocycles. The quantitative estimate of drug-likeness (QED) is 0.922. The molecule has 1 aliphatic carbocycles. The van der Waals surface area contributed by atoms with Crippen molar-refractivity contribution >= 4 is 0 Å². The fourth-order valence-corrected chi connectivity index (χ4v) is 3.08. The lowest BCUT2D eigenvalue weighted by Gasteiger charge is -2.21. The number of benzene rings is 1. The molecular weight excluding hydrogens is 283 g/mol. The number of aliphatic hydroxyl groups is 1. The molecule has 1 fully saturated rings. The lowest BCUT2D eigenvalue weighted by molar-refractivity contribution is 0.105. The Morgan fingerprint density at radius 3 is 3.00 bits per heavy atom. The van der Waals surface area contributed by atoms with Crippen LogP contribution in [0.15, 0.2) is 34.9 Å². The predicted molar refractivity (Wildman–Crippen MR) is 81.6 cm³/mol. The molecule has 0 radical (unpaired) electrons. The van der Waals surface area contributed by atoms with E-state index in [1.807, 2.05) is 7.05 Å². The van der Waals surface area contributed by atoms with Crippen molar-refractivity contribution in [3.05, 3.63) is 42.2 Å². The number of aliphatic hydroxyl groups excluding tert-OH is 1. The van der Waals surface area contributed by atoms with Gasteiger partial charge in [0, 0.05) is 12.1 Å². The molecule has 4 nitrogen and oxygen atoms in total. The molecule has 1 aromatic heterocycles. The zero-order valence-electron chi connectivity index (χ0n) is 12.7. The van der Waals surface area contributed by atoms with Gasteiger partial charge in [-0.3, -0.25) is 4.90 Å². The average molecular weight is 304 g/mol. The molecule has 2 aromatic rings. The van der Waals surface area contributed by atoms with Crippen LogP contribution >= 0.6 is 0 Å². The van der Waals surface area contributed by atoms with Gasteiger partial charge in [0.15, 0.2) is 5.76 Å². The maximum Gasteiger partial charge on any atom is 0.209 e. The van der Waals surface area contributed by atoms with E-state index < -0.39 is 0 Å². The fraction of sp³-hybridized carbons (Fsp3) is 0.471. The lowest BCUT2D eigenvalue weighted by atomic mass is 10.1. The predicted octanol–water partition coefficient (Wildman–Crippen LogP) is 3.07. The van der Waals surface area contributed by atoms with Crippen molar-refractivity contribution in [2.45, 2.75) is 31.9 Å². The van der Waals surface area contributed by atoms with Crippen molar-refractivity contribution in [2.75, 3.05) is 13.6 Å². The van der Waals surface area contributed by atoms with Crippen molar-refractivity contribution in [1.82, 2.24) is 9.88 Å². The third kappa shape index (κ3) is 3.54. The molecule has 3 rings (SSSR count). The number of oxazole rings is 1. The number of rotatable bonds is 5. The molecule has 1 saturated carbocycles. The van der Waals surface area contributed by atoms with Crippen molar-refractivity contribution < 1.29 is 13.9 Å². The highest BCUT2D eigenvalue weighted by Crippen LogP contribution is 2.27. The normalized spacial score (nSPS) is 21.6. The molecular formula is C17H21FN2O2. The van der Waals surface area contributed by atoms with E-state index in [0.29, 0.717) is 29.7 Å². The first-order chi connectivity index (χ1) is 10.6. The van der Waals surface area contributed by atoms with Crippen LogP contribution in [-0.4, -0.2) is 34.7 Å². The summed E-state index contributed by atoms with van der Waals surface area (Å²) in [7, 11) is 2.00. The Hall–Kier alpha value is -1.72. The largest absolute Gasteiger partial charge is 0.439 e. The molecule has 5 heteroatoms. The Morgan fingerprint density at radius 1 is 1.41 bits per heavy atom. The van der Waals surface area contributed by atoms with E-state index in [0.717, 1.165) is 25.8 Å². The van der Waals surface area contributed by atoms with E-state index >= 15 is 0 Å². The van der Waals surface area contributed by atoms with Crippen molar-refractivity contribution in [2.24, 2.45) is 5.92 Å². The maximum absolute atomic E-state index is 13.2. The van der Waals surface area contributed by atoms with E-state index in [1.54, 1.807) is 18.3 Å². The first kappa shape index (κ1) is 15.2.